The van der Waals surface area contributed by atoms with Gasteiger partial charge in [-0.25, -0.2) is 4.79 Å². The van der Waals surface area contributed by atoms with Crippen molar-refractivity contribution in [2.75, 3.05) is 5.75 Å². The average Bonchev–Trinajstić information content (AvgIpc) is 3.44. The van der Waals surface area contributed by atoms with Gasteiger partial charge in [0.25, 0.3) is 0 Å². The lowest BCUT2D eigenvalue weighted by Gasteiger charge is -2.56. The zero-order chi connectivity index (χ0) is 30.3. The lowest BCUT2D eigenvalue weighted by Crippen LogP contribution is -2.61. The minimum absolute atomic E-state index is 0.00811. The number of aliphatic hydroxyl groups excluding tert-OH is 1. The van der Waals surface area contributed by atoms with E-state index in [9.17, 15) is 9.90 Å². The second kappa shape index (κ2) is 12.7. The number of urea groups is 1. The Morgan fingerprint density at radius 1 is 0.955 bits per heavy atom. The highest BCUT2D eigenvalue weighted by Crippen LogP contribution is 2.55. The molecular weight excluding hydrogens is 593 g/mol. The first-order valence-corrected chi connectivity index (χ1v) is 17.7. The quantitative estimate of drug-likeness (QED) is 0.225. The fourth-order valence-electron chi connectivity index (χ4n) is 8.32. The Kier molecular flexibility index (Phi) is 8.72. The molecule has 5 aliphatic rings. The highest BCUT2D eigenvalue weighted by atomic mass is 32.2. The Balaban J connectivity index is 1.00. The van der Waals surface area contributed by atoms with Crippen LogP contribution >= 0.6 is 23.1 Å². The Bertz CT molecular complexity index is 1410. The molecule has 4 aliphatic carbocycles. The number of aliphatic hydroxyl groups is 1. The molecule has 3 N–H and O–H groups in total. The second-order valence-electron chi connectivity index (χ2n) is 13.5. The number of aromatic nitrogens is 2. The molecule has 1 saturated heterocycles. The van der Waals surface area contributed by atoms with E-state index in [1.807, 2.05) is 55.5 Å². The summed E-state index contributed by atoms with van der Waals surface area (Å²) in [6.45, 7) is 4.62. The highest BCUT2D eigenvalue weighted by molar-refractivity contribution is 8.01. The molecular formula is C34H42N4O4S2. The van der Waals surface area contributed by atoms with E-state index < -0.39 is 6.29 Å². The molecule has 44 heavy (non-hydrogen) atoms. The Morgan fingerprint density at radius 2 is 1.59 bits per heavy atom. The molecule has 1 aromatic heterocycles. The van der Waals surface area contributed by atoms with Gasteiger partial charge in [0.15, 0.2) is 10.6 Å². The van der Waals surface area contributed by atoms with E-state index in [0.717, 1.165) is 74.4 Å². The van der Waals surface area contributed by atoms with Crippen LogP contribution in [0.3, 0.4) is 0 Å². The van der Waals surface area contributed by atoms with E-state index >= 15 is 0 Å². The molecule has 5 fully saturated rings. The van der Waals surface area contributed by atoms with Gasteiger partial charge in [-0.2, -0.15) is 0 Å². The van der Waals surface area contributed by atoms with Crippen molar-refractivity contribution in [3.63, 3.8) is 0 Å². The molecule has 2 amide bonds. The summed E-state index contributed by atoms with van der Waals surface area (Å²) in [7, 11) is 0. The molecule has 0 spiro atoms. The number of rotatable bonds is 9. The monoisotopic (exact) mass is 634 g/mol. The van der Waals surface area contributed by atoms with Crippen molar-refractivity contribution in [3.8, 4) is 0 Å². The molecule has 2 aromatic carbocycles. The number of aryl methyl sites for hydroxylation is 1. The minimum atomic E-state index is -0.531. The first-order chi connectivity index (χ1) is 21.3. The highest BCUT2D eigenvalue weighted by Gasteiger charge is 2.51. The number of thioether (sulfide) groups is 1. The van der Waals surface area contributed by atoms with Gasteiger partial charge >= 0.3 is 6.03 Å². The summed E-state index contributed by atoms with van der Waals surface area (Å²) in [6, 6.07) is 16.1. The maximum atomic E-state index is 13.0. The summed E-state index contributed by atoms with van der Waals surface area (Å²) >= 11 is 3.26. The van der Waals surface area contributed by atoms with E-state index in [1.165, 1.54) is 19.3 Å². The number of carbonyl (C=O) groups excluding carboxylic acids is 1. The zero-order valence-corrected chi connectivity index (χ0v) is 27.0. The predicted molar refractivity (Wildman–Crippen MR) is 171 cm³/mol. The molecule has 8 rings (SSSR count). The molecule has 4 atom stereocenters. The smallest absolute Gasteiger partial charge is 0.315 e. The third-order valence-electron chi connectivity index (χ3n) is 10.1. The molecule has 0 radical (unpaired) electrons. The van der Waals surface area contributed by atoms with Crippen molar-refractivity contribution in [1.82, 2.24) is 20.8 Å². The van der Waals surface area contributed by atoms with Gasteiger partial charge in [0.2, 0.25) is 0 Å². The molecule has 0 unspecified atom stereocenters. The number of ether oxygens (including phenoxy) is 2. The van der Waals surface area contributed by atoms with Gasteiger partial charge in [0.1, 0.15) is 5.01 Å². The van der Waals surface area contributed by atoms with Crippen molar-refractivity contribution in [1.29, 1.82) is 0 Å². The molecule has 3 aromatic rings. The number of nitrogens with one attached hydrogen (secondary N) is 2. The molecule has 8 nitrogen and oxygen atoms in total. The second-order valence-corrected chi connectivity index (χ2v) is 15.9. The van der Waals surface area contributed by atoms with E-state index in [-0.39, 0.29) is 36.3 Å². The summed E-state index contributed by atoms with van der Waals surface area (Å²) in [5, 5.41) is 25.4. The zero-order valence-electron chi connectivity index (χ0n) is 25.4. The first kappa shape index (κ1) is 30.2. The lowest BCUT2D eigenvalue weighted by atomic mass is 9.53. The van der Waals surface area contributed by atoms with Crippen LogP contribution in [0.4, 0.5) is 4.79 Å². The van der Waals surface area contributed by atoms with Crippen molar-refractivity contribution in [2.24, 2.45) is 23.7 Å². The summed E-state index contributed by atoms with van der Waals surface area (Å²) in [5.74, 6) is 3.23. The SMILES string of the molecule is Cc1nnc(SC[C@@H]2O[C@H](c3ccc(CNC(=O)NC45CC6CC(CC(C6)C4)C5)cc3)O[C@H](c3ccc(CO)cc3)[C@@H]2C)s1. The molecule has 10 heteroatoms. The number of benzene rings is 2. The number of amides is 2. The third kappa shape index (κ3) is 6.56. The van der Waals surface area contributed by atoms with Crippen LogP contribution in [0.1, 0.15) is 85.1 Å². The number of carbonyl (C=O) groups is 1. The maximum Gasteiger partial charge on any atom is 0.315 e. The van der Waals surface area contributed by atoms with Crippen molar-refractivity contribution in [2.45, 2.75) is 93.9 Å². The van der Waals surface area contributed by atoms with Crippen LogP contribution in [-0.4, -0.2) is 38.7 Å². The Labute approximate surface area is 267 Å². The van der Waals surface area contributed by atoms with E-state index in [2.05, 4.69) is 27.8 Å². The fraction of sp³-hybridized carbons (Fsp3) is 0.559. The van der Waals surface area contributed by atoms with Crippen LogP contribution in [0.25, 0.3) is 0 Å². The van der Waals surface area contributed by atoms with Crippen LogP contribution in [-0.2, 0) is 22.6 Å². The van der Waals surface area contributed by atoms with E-state index in [4.69, 9.17) is 9.47 Å². The van der Waals surface area contributed by atoms with Crippen LogP contribution in [0.15, 0.2) is 52.9 Å². The predicted octanol–water partition coefficient (Wildman–Crippen LogP) is 6.69. The van der Waals surface area contributed by atoms with E-state index in [1.54, 1.807) is 23.1 Å². The summed E-state index contributed by atoms with van der Waals surface area (Å²) in [5.41, 5.74) is 3.93. The van der Waals surface area contributed by atoms with Gasteiger partial charge in [-0.15, -0.1) is 10.2 Å². The van der Waals surface area contributed by atoms with Gasteiger partial charge in [-0.05, 0) is 79.9 Å². The van der Waals surface area contributed by atoms with Crippen LogP contribution in [0.2, 0.25) is 0 Å². The van der Waals surface area contributed by atoms with Crippen LogP contribution in [0.5, 0.6) is 0 Å². The van der Waals surface area contributed by atoms with E-state index in [0.29, 0.717) is 6.54 Å². The van der Waals surface area contributed by atoms with Crippen molar-refractivity contribution >= 4 is 29.1 Å². The summed E-state index contributed by atoms with van der Waals surface area (Å²) < 4.78 is 14.1. The Hall–Kier alpha value is -2.50. The number of hydrogen-bond acceptors (Lipinski definition) is 8. The molecule has 234 valence electrons. The van der Waals surface area contributed by atoms with Crippen LogP contribution < -0.4 is 10.6 Å². The molecule has 4 saturated carbocycles. The van der Waals surface area contributed by atoms with Gasteiger partial charge in [-0.1, -0.05) is 78.6 Å². The Morgan fingerprint density at radius 3 is 2.20 bits per heavy atom. The number of nitrogens with zero attached hydrogens (tertiary/aromatic N) is 2. The topological polar surface area (TPSA) is 106 Å². The third-order valence-corrected chi connectivity index (χ3v) is 12.2. The van der Waals surface area contributed by atoms with Gasteiger partial charge in [-0.3, -0.25) is 0 Å². The molecule has 2 heterocycles. The number of hydrogen-bond donors (Lipinski definition) is 3. The standard InChI is InChI=1S/C34H42N4O4S2/c1-20-29(19-43-33-38-37-21(2)44-33)41-31(42-30(20)27-7-5-23(18-39)6-8-27)28-9-3-22(4-10-28)17-35-32(40)36-34-14-24-11-25(15-34)13-26(12-24)16-34/h3-10,20,24-26,29-31,39H,11-19H2,1-2H3,(H2,35,36,40)/t20-,24?,25?,26?,29+,30+,31+,34?/m1/s1. The molecule has 4 bridgehead atoms. The minimum Gasteiger partial charge on any atom is -0.392 e. The summed E-state index contributed by atoms with van der Waals surface area (Å²) in [4.78, 5) is 13.0. The lowest BCUT2D eigenvalue weighted by molar-refractivity contribution is -0.268. The van der Waals surface area contributed by atoms with Crippen molar-refractivity contribution in [3.05, 3.63) is 75.8 Å². The maximum absolute atomic E-state index is 13.0. The largest absolute Gasteiger partial charge is 0.392 e. The first-order valence-electron chi connectivity index (χ1n) is 15.9. The summed E-state index contributed by atoms with van der Waals surface area (Å²) in [6.07, 6.45) is 6.76. The normalized spacial score (nSPS) is 32.5. The van der Waals surface area contributed by atoms with Crippen LogP contribution in [0, 0.1) is 30.6 Å². The van der Waals surface area contributed by atoms with Crippen molar-refractivity contribution < 1.29 is 19.4 Å². The van der Waals surface area contributed by atoms with Gasteiger partial charge in [0.05, 0.1) is 18.8 Å². The fourth-order valence-corrected chi connectivity index (χ4v) is 10.3. The molecule has 1 aliphatic heterocycles. The van der Waals surface area contributed by atoms with Gasteiger partial charge < -0.3 is 25.2 Å². The van der Waals surface area contributed by atoms with Gasteiger partial charge in [0, 0.05) is 29.3 Å². The average molecular weight is 635 g/mol.